The summed E-state index contributed by atoms with van der Waals surface area (Å²) in [5.41, 5.74) is 0.253. The molecular formula is C12H14O2. The summed E-state index contributed by atoms with van der Waals surface area (Å²) in [5.74, 6) is -0.360. The molecule has 0 fully saturated rings. The molecule has 0 N–H and O–H groups in total. The lowest BCUT2D eigenvalue weighted by Crippen LogP contribution is -2.24. The van der Waals surface area contributed by atoms with E-state index in [0.29, 0.717) is 0 Å². The molecule has 0 amide bonds. The van der Waals surface area contributed by atoms with Crippen molar-refractivity contribution in [2.24, 2.45) is 5.41 Å². The summed E-state index contributed by atoms with van der Waals surface area (Å²) in [4.78, 5) is 21.8. The summed E-state index contributed by atoms with van der Waals surface area (Å²) >= 11 is 0. The Bertz CT molecular complexity index is 314. The van der Waals surface area contributed by atoms with Gasteiger partial charge in [0.05, 0.1) is 5.92 Å². The average molecular weight is 190 g/mol. The van der Waals surface area contributed by atoms with Crippen LogP contribution >= 0.6 is 0 Å². The predicted molar refractivity (Wildman–Crippen MR) is 55.1 cm³/mol. The maximum Gasteiger partial charge on any atom is 0.128 e. The molecule has 74 valence electrons. The summed E-state index contributed by atoms with van der Waals surface area (Å²) in [5, 5.41) is 0. The highest BCUT2D eigenvalue weighted by Crippen LogP contribution is 2.31. The minimum absolute atomic E-state index is 0.360. The van der Waals surface area contributed by atoms with Gasteiger partial charge in [-0.3, -0.25) is 0 Å². The third-order valence-corrected chi connectivity index (χ3v) is 2.40. The van der Waals surface area contributed by atoms with E-state index in [-0.39, 0.29) is 5.92 Å². The van der Waals surface area contributed by atoms with Gasteiger partial charge in [-0.1, -0.05) is 44.2 Å². The van der Waals surface area contributed by atoms with E-state index in [1.54, 1.807) is 13.8 Å². The van der Waals surface area contributed by atoms with Gasteiger partial charge >= 0.3 is 0 Å². The minimum Gasteiger partial charge on any atom is -0.303 e. The quantitative estimate of drug-likeness (QED) is 0.682. The molecule has 0 saturated heterocycles. The van der Waals surface area contributed by atoms with Gasteiger partial charge in [-0.15, -0.1) is 0 Å². The molecule has 14 heavy (non-hydrogen) atoms. The van der Waals surface area contributed by atoms with Crippen LogP contribution in [-0.4, -0.2) is 12.6 Å². The van der Waals surface area contributed by atoms with Crippen molar-refractivity contribution in [2.45, 2.75) is 19.8 Å². The first-order chi connectivity index (χ1) is 6.61. The zero-order valence-electron chi connectivity index (χ0n) is 8.44. The maximum atomic E-state index is 11.0. The molecule has 1 atom stereocenters. The number of hydrogen-bond acceptors (Lipinski definition) is 2. The van der Waals surface area contributed by atoms with Gasteiger partial charge in [0, 0.05) is 5.41 Å². The van der Waals surface area contributed by atoms with Crippen LogP contribution < -0.4 is 0 Å². The second-order valence-corrected chi connectivity index (χ2v) is 3.96. The van der Waals surface area contributed by atoms with Crippen molar-refractivity contribution < 1.29 is 9.59 Å². The molecule has 1 unspecified atom stereocenters. The topological polar surface area (TPSA) is 34.1 Å². The summed E-state index contributed by atoms with van der Waals surface area (Å²) in [6.45, 7) is 3.54. The Labute approximate surface area is 83.9 Å². The maximum absolute atomic E-state index is 11.0. The predicted octanol–water partition coefficient (Wildman–Crippen LogP) is 2.19. The Morgan fingerprint density at radius 3 is 2.14 bits per heavy atom. The van der Waals surface area contributed by atoms with Crippen molar-refractivity contribution in [3.8, 4) is 0 Å². The normalized spacial score (nSPS) is 13.3. The van der Waals surface area contributed by atoms with Crippen LogP contribution in [0.1, 0.15) is 25.3 Å². The number of aldehydes is 2. The van der Waals surface area contributed by atoms with Gasteiger partial charge in [0.2, 0.25) is 0 Å². The Morgan fingerprint density at radius 2 is 1.71 bits per heavy atom. The lowest BCUT2D eigenvalue weighted by atomic mass is 9.77. The van der Waals surface area contributed by atoms with Crippen LogP contribution in [0.15, 0.2) is 30.3 Å². The fourth-order valence-electron chi connectivity index (χ4n) is 1.42. The van der Waals surface area contributed by atoms with E-state index in [9.17, 15) is 9.59 Å². The average Bonchev–Trinajstić information content (AvgIpc) is 2.20. The smallest absolute Gasteiger partial charge is 0.128 e. The van der Waals surface area contributed by atoms with Crippen molar-refractivity contribution in [1.29, 1.82) is 0 Å². The first-order valence-corrected chi connectivity index (χ1v) is 4.58. The molecule has 1 aromatic rings. The molecule has 0 radical (unpaired) electrons. The van der Waals surface area contributed by atoms with Gasteiger partial charge in [-0.05, 0) is 5.56 Å². The molecule has 0 aliphatic carbocycles. The Balaban J connectivity index is 3.05. The first-order valence-electron chi connectivity index (χ1n) is 4.58. The SMILES string of the molecule is CC(C)(C=O)C(C=O)c1ccccc1. The van der Waals surface area contributed by atoms with Gasteiger partial charge in [0.1, 0.15) is 12.6 Å². The van der Waals surface area contributed by atoms with E-state index < -0.39 is 5.41 Å². The third kappa shape index (κ3) is 2.08. The van der Waals surface area contributed by atoms with Crippen LogP contribution in [0, 0.1) is 5.41 Å². The highest BCUT2D eigenvalue weighted by molar-refractivity contribution is 5.73. The Hall–Kier alpha value is -1.44. The molecule has 0 aliphatic heterocycles. The van der Waals surface area contributed by atoms with Crippen LogP contribution in [0.25, 0.3) is 0 Å². The monoisotopic (exact) mass is 190 g/mol. The van der Waals surface area contributed by atoms with Crippen molar-refractivity contribution in [3.05, 3.63) is 35.9 Å². The number of hydrogen-bond donors (Lipinski definition) is 0. The summed E-state index contributed by atoms with van der Waals surface area (Å²) in [6.07, 6.45) is 1.67. The first kappa shape index (κ1) is 10.6. The van der Waals surface area contributed by atoms with E-state index in [0.717, 1.165) is 18.1 Å². The lowest BCUT2D eigenvalue weighted by Gasteiger charge is -2.24. The van der Waals surface area contributed by atoms with E-state index >= 15 is 0 Å². The number of rotatable bonds is 4. The number of carbonyl (C=O) groups excluding carboxylic acids is 2. The number of benzene rings is 1. The van der Waals surface area contributed by atoms with Crippen molar-refractivity contribution in [2.75, 3.05) is 0 Å². The molecule has 0 saturated carbocycles. The molecular weight excluding hydrogens is 176 g/mol. The lowest BCUT2D eigenvalue weighted by molar-refractivity contribution is -0.120. The molecule has 1 rings (SSSR count). The molecule has 2 nitrogen and oxygen atoms in total. The second kappa shape index (κ2) is 4.18. The fourth-order valence-corrected chi connectivity index (χ4v) is 1.42. The summed E-state index contributed by atoms with van der Waals surface area (Å²) in [6, 6.07) is 9.35. The van der Waals surface area contributed by atoms with Crippen molar-refractivity contribution in [3.63, 3.8) is 0 Å². The summed E-state index contributed by atoms with van der Waals surface area (Å²) in [7, 11) is 0. The van der Waals surface area contributed by atoms with Gasteiger partial charge in [0.15, 0.2) is 0 Å². The molecule has 2 heteroatoms. The van der Waals surface area contributed by atoms with Crippen LogP contribution in [0.2, 0.25) is 0 Å². The van der Waals surface area contributed by atoms with E-state index in [1.165, 1.54) is 0 Å². The molecule has 0 heterocycles. The highest BCUT2D eigenvalue weighted by Gasteiger charge is 2.29. The van der Waals surface area contributed by atoms with E-state index in [4.69, 9.17) is 0 Å². The zero-order valence-corrected chi connectivity index (χ0v) is 8.44. The molecule has 0 bridgehead atoms. The van der Waals surface area contributed by atoms with Gasteiger partial charge in [-0.2, -0.15) is 0 Å². The largest absolute Gasteiger partial charge is 0.303 e. The standard InChI is InChI=1S/C12H14O2/c1-12(2,9-14)11(8-13)10-6-4-3-5-7-10/h3-9,11H,1-2H3. The van der Waals surface area contributed by atoms with Gasteiger partial charge in [-0.25, -0.2) is 0 Å². The molecule has 0 spiro atoms. The molecule has 0 aliphatic rings. The van der Waals surface area contributed by atoms with Crippen LogP contribution in [-0.2, 0) is 9.59 Å². The molecule has 0 aromatic heterocycles. The summed E-state index contributed by atoms with van der Waals surface area (Å²) < 4.78 is 0. The van der Waals surface area contributed by atoms with Gasteiger partial charge < -0.3 is 9.59 Å². The number of carbonyl (C=O) groups is 2. The van der Waals surface area contributed by atoms with Crippen molar-refractivity contribution in [1.82, 2.24) is 0 Å². The Kier molecular flexibility index (Phi) is 3.18. The van der Waals surface area contributed by atoms with E-state index in [2.05, 4.69) is 0 Å². The second-order valence-electron chi connectivity index (χ2n) is 3.96. The fraction of sp³-hybridized carbons (Fsp3) is 0.333. The van der Waals surface area contributed by atoms with Crippen LogP contribution in [0.5, 0.6) is 0 Å². The van der Waals surface area contributed by atoms with Crippen LogP contribution in [0.4, 0.5) is 0 Å². The highest BCUT2D eigenvalue weighted by atomic mass is 16.1. The zero-order chi connectivity index (χ0) is 10.6. The van der Waals surface area contributed by atoms with Crippen LogP contribution in [0.3, 0.4) is 0 Å². The minimum atomic E-state index is -0.636. The Morgan fingerprint density at radius 1 is 1.14 bits per heavy atom. The van der Waals surface area contributed by atoms with Crippen molar-refractivity contribution >= 4 is 12.6 Å². The molecule has 1 aromatic carbocycles. The van der Waals surface area contributed by atoms with Gasteiger partial charge in [0.25, 0.3) is 0 Å². The third-order valence-electron chi connectivity index (χ3n) is 2.40. The van der Waals surface area contributed by atoms with E-state index in [1.807, 2.05) is 30.3 Å².